The van der Waals surface area contributed by atoms with Crippen LogP contribution < -0.4 is 0 Å². The van der Waals surface area contributed by atoms with Gasteiger partial charge in [0.2, 0.25) is 0 Å². The first-order chi connectivity index (χ1) is 4.91. The Balaban J connectivity index is 2.65. The first-order valence-electron chi connectivity index (χ1n) is 3.71. The number of hydrogen-bond donors (Lipinski definition) is 2. The molecular formula is C7H16S3. The minimum Gasteiger partial charge on any atom is -0.179 e. The van der Waals surface area contributed by atoms with Crippen molar-refractivity contribution in [3.8, 4) is 0 Å². The molecule has 0 bridgehead atoms. The predicted molar refractivity (Wildman–Crippen MR) is 58.9 cm³/mol. The van der Waals surface area contributed by atoms with E-state index in [1.165, 1.54) is 30.8 Å². The van der Waals surface area contributed by atoms with Crippen molar-refractivity contribution in [1.82, 2.24) is 0 Å². The quantitative estimate of drug-likeness (QED) is 0.466. The molecule has 0 nitrogen and oxygen atoms in total. The van der Waals surface area contributed by atoms with E-state index in [1.807, 2.05) is 11.8 Å². The zero-order valence-electron chi connectivity index (χ0n) is 6.25. The molecule has 0 aliphatic rings. The molecule has 0 radical (unpaired) electrons. The number of unbranched alkanes of at least 4 members (excludes halogenated alkanes) is 1. The van der Waals surface area contributed by atoms with E-state index in [1.54, 1.807) is 0 Å². The van der Waals surface area contributed by atoms with Crippen molar-refractivity contribution in [1.29, 1.82) is 0 Å². The van der Waals surface area contributed by atoms with Crippen LogP contribution in [0.25, 0.3) is 0 Å². The maximum atomic E-state index is 4.14. The van der Waals surface area contributed by atoms with Crippen molar-refractivity contribution in [3.63, 3.8) is 0 Å². The molecule has 10 heavy (non-hydrogen) atoms. The number of thioether (sulfide) groups is 1. The van der Waals surface area contributed by atoms with Crippen molar-refractivity contribution < 1.29 is 0 Å². The van der Waals surface area contributed by atoms with Gasteiger partial charge >= 0.3 is 0 Å². The summed E-state index contributed by atoms with van der Waals surface area (Å²) in [5, 5.41) is 0. The third-order valence-corrected chi connectivity index (χ3v) is 2.93. The maximum absolute atomic E-state index is 4.14. The van der Waals surface area contributed by atoms with Gasteiger partial charge in [-0.3, -0.25) is 0 Å². The first kappa shape index (κ1) is 11.1. The van der Waals surface area contributed by atoms with E-state index in [0.29, 0.717) is 0 Å². The van der Waals surface area contributed by atoms with Gasteiger partial charge in [0.15, 0.2) is 0 Å². The Morgan fingerprint density at radius 1 is 0.800 bits per heavy atom. The molecule has 0 amide bonds. The molecule has 0 fully saturated rings. The van der Waals surface area contributed by atoms with Gasteiger partial charge in [0.1, 0.15) is 0 Å². The fourth-order valence-corrected chi connectivity index (χ4v) is 2.14. The summed E-state index contributed by atoms with van der Waals surface area (Å²) in [6.45, 7) is 0. The highest BCUT2D eigenvalue weighted by atomic mass is 32.2. The van der Waals surface area contributed by atoms with Crippen LogP contribution >= 0.6 is 37.0 Å². The van der Waals surface area contributed by atoms with E-state index >= 15 is 0 Å². The van der Waals surface area contributed by atoms with Crippen molar-refractivity contribution in [2.45, 2.75) is 19.3 Å². The monoisotopic (exact) mass is 196 g/mol. The SMILES string of the molecule is SCCCCSCCCS. The molecular weight excluding hydrogens is 180 g/mol. The molecule has 0 N–H and O–H groups in total. The van der Waals surface area contributed by atoms with E-state index < -0.39 is 0 Å². The molecule has 0 aromatic carbocycles. The van der Waals surface area contributed by atoms with Crippen molar-refractivity contribution in [2.75, 3.05) is 23.0 Å². The van der Waals surface area contributed by atoms with Gasteiger partial charge in [-0.05, 0) is 42.3 Å². The van der Waals surface area contributed by atoms with Crippen LogP contribution in [0, 0.1) is 0 Å². The highest BCUT2D eigenvalue weighted by Crippen LogP contribution is 2.06. The first-order valence-corrected chi connectivity index (χ1v) is 6.13. The lowest BCUT2D eigenvalue weighted by Gasteiger charge is -1.97. The van der Waals surface area contributed by atoms with Crippen LogP contribution in [0.4, 0.5) is 0 Å². The average molecular weight is 196 g/mol. The molecule has 0 rings (SSSR count). The van der Waals surface area contributed by atoms with Crippen LogP contribution in [-0.4, -0.2) is 23.0 Å². The van der Waals surface area contributed by atoms with Crippen LogP contribution in [0.1, 0.15) is 19.3 Å². The van der Waals surface area contributed by atoms with E-state index in [2.05, 4.69) is 25.3 Å². The van der Waals surface area contributed by atoms with Crippen molar-refractivity contribution in [2.24, 2.45) is 0 Å². The summed E-state index contributed by atoms with van der Waals surface area (Å²) in [6, 6.07) is 0. The Bertz CT molecular complexity index is 48.8. The van der Waals surface area contributed by atoms with Crippen LogP contribution in [0.15, 0.2) is 0 Å². The number of hydrogen-bond acceptors (Lipinski definition) is 3. The second-order valence-corrected chi connectivity index (χ2v) is 4.24. The molecule has 0 saturated heterocycles. The fraction of sp³-hybridized carbons (Fsp3) is 1.00. The summed E-state index contributed by atoms with van der Waals surface area (Å²) in [6.07, 6.45) is 3.83. The molecule has 0 aliphatic carbocycles. The van der Waals surface area contributed by atoms with Gasteiger partial charge in [0.05, 0.1) is 0 Å². The molecule has 0 saturated carbocycles. The van der Waals surface area contributed by atoms with E-state index in [0.717, 1.165) is 11.5 Å². The van der Waals surface area contributed by atoms with Crippen LogP contribution in [-0.2, 0) is 0 Å². The minimum absolute atomic E-state index is 1.03. The van der Waals surface area contributed by atoms with E-state index in [4.69, 9.17) is 0 Å². The molecule has 3 heteroatoms. The summed E-state index contributed by atoms with van der Waals surface area (Å²) in [4.78, 5) is 0. The number of thiol groups is 2. The average Bonchev–Trinajstić information content (AvgIpc) is 1.97. The van der Waals surface area contributed by atoms with Gasteiger partial charge in [-0.25, -0.2) is 0 Å². The molecule has 0 heterocycles. The standard InChI is InChI=1S/C7H16S3/c8-4-1-2-6-10-7-3-5-9/h8-9H,1-7H2. The van der Waals surface area contributed by atoms with Gasteiger partial charge in [-0.2, -0.15) is 37.0 Å². The maximum Gasteiger partial charge on any atom is -0.00598 e. The summed E-state index contributed by atoms with van der Waals surface area (Å²) >= 11 is 10.3. The molecule has 0 aromatic rings. The van der Waals surface area contributed by atoms with Crippen molar-refractivity contribution >= 4 is 37.0 Å². The van der Waals surface area contributed by atoms with Gasteiger partial charge in [0.25, 0.3) is 0 Å². The van der Waals surface area contributed by atoms with Gasteiger partial charge in [0, 0.05) is 0 Å². The van der Waals surface area contributed by atoms with E-state index in [9.17, 15) is 0 Å². The minimum atomic E-state index is 1.03. The zero-order chi connectivity index (χ0) is 7.66. The second kappa shape index (κ2) is 10.0. The van der Waals surface area contributed by atoms with E-state index in [-0.39, 0.29) is 0 Å². The highest BCUT2D eigenvalue weighted by molar-refractivity contribution is 7.99. The van der Waals surface area contributed by atoms with Gasteiger partial charge in [-0.15, -0.1) is 0 Å². The molecule has 0 aromatic heterocycles. The summed E-state index contributed by atoms with van der Waals surface area (Å²) < 4.78 is 0. The van der Waals surface area contributed by atoms with Gasteiger partial charge < -0.3 is 0 Å². The largest absolute Gasteiger partial charge is 0.179 e. The lowest BCUT2D eigenvalue weighted by Crippen LogP contribution is -1.85. The Hall–Kier alpha value is 1.05. The summed E-state index contributed by atoms with van der Waals surface area (Å²) in [7, 11) is 0. The fourth-order valence-electron chi connectivity index (χ4n) is 0.585. The molecule has 0 unspecified atom stereocenters. The molecule has 0 aliphatic heterocycles. The Labute approximate surface area is 79.4 Å². The Morgan fingerprint density at radius 3 is 2.00 bits per heavy atom. The van der Waals surface area contributed by atoms with Gasteiger partial charge in [-0.1, -0.05) is 0 Å². The lowest BCUT2D eigenvalue weighted by molar-refractivity contribution is 0.908. The normalized spacial score (nSPS) is 10.2. The summed E-state index contributed by atoms with van der Waals surface area (Å²) in [5.41, 5.74) is 0. The predicted octanol–water partition coefficient (Wildman–Crippen LogP) is 2.75. The van der Waals surface area contributed by atoms with Crippen LogP contribution in [0.5, 0.6) is 0 Å². The smallest absolute Gasteiger partial charge is 0.00598 e. The third-order valence-electron chi connectivity index (χ3n) is 1.14. The topological polar surface area (TPSA) is 0 Å². The Kier molecular flexibility index (Phi) is 11.1. The highest BCUT2D eigenvalue weighted by Gasteiger charge is 1.87. The summed E-state index contributed by atoms with van der Waals surface area (Å²) in [5.74, 6) is 4.64. The van der Waals surface area contributed by atoms with Crippen LogP contribution in [0.2, 0.25) is 0 Å². The number of rotatable bonds is 7. The molecule has 62 valence electrons. The molecule has 0 atom stereocenters. The lowest BCUT2D eigenvalue weighted by atomic mass is 10.4. The van der Waals surface area contributed by atoms with Crippen molar-refractivity contribution in [3.05, 3.63) is 0 Å². The molecule has 0 spiro atoms. The third kappa shape index (κ3) is 9.05. The second-order valence-electron chi connectivity index (χ2n) is 2.12. The van der Waals surface area contributed by atoms with Crippen LogP contribution in [0.3, 0.4) is 0 Å². The zero-order valence-corrected chi connectivity index (χ0v) is 8.86. The Morgan fingerprint density at radius 2 is 1.40 bits per heavy atom.